The van der Waals surface area contributed by atoms with Gasteiger partial charge in [-0.2, -0.15) is 0 Å². The van der Waals surface area contributed by atoms with Crippen molar-refractivity contribution in [1.82, 2.24) is 0 Å². The first-order chi connectivity index (χ1) is 12.7. The number of rotatable bonds is 6. The van der Waals surface area contributed by atoms with Gasteiger partial charge in [-0.05, 0) is 40.3 Å². The zero-order valence-electron chi connectivity index (χ0n) is 14.4. The third-order valence-electron chi connectivity index (χ3n) is 4.15. The quantitative estimate of drug-likeness (QED) is 0.365. The van der Waals surface area contributed by atoms with E-state index in [0.717, 1.165) is 5.56 Å². The third kappa shape index (κ3) is 5.03. The van der Waals surface area contributed by atoms with Crippen LogP contribution in [0.25, 0.3) is 0 Å². The highest BCUT2D eigenvalue weighted by atomic mass is 127. The number of hydrogen-bond donors (Lipinski definition) is 0. The van der Waals surface area contributed by atoms with Crippen molar-refractivity contribution in [2.24, 2.45) is 0 Å². The summed E-state index contributed by atoms with van der Waals surface area (Å²) in [5.74, 6) is -0.384. The van der Waals surface area contributed by atoms with Crippen molar-refractivity contribution in [3.8, 4) is 0 Å². The lowest BCUT2D eigenvalue weighted by atomic mass is 10.1. The summed E-state index contributed by atoms with van der Waals surface area (Å²) >= 11 is 2.12. The van der Waals surface area contributed by atoms with E-state index < -0.39 is 6.10 Å². The predicted molar refractivity (Wildman–Crippen MR) is 105 cm³/mol. The Morgan fingerprint density at radius 3 is 2.42 bits per heavy atom. The van der Waals surface area contributed by atoms with Crippen molar-refractivity contribution in [1.29, 1.82) is 0 Å². The molecule has 0 aliphatic carbocycles. The van der Waals surface area contributed by atoms with Crippen molar-refractivity contribution in [3.63, 3.8) is 0 Å². The molecule has 1 aliphatic heterocycles. The van der Waals surface area contributed by atoms with Gasteiger partial charge >= 0.3 is 5.97 Å². The van der Waals surface area contributed by atoms with E-state index in [1.165, 1.54) is 0 Å². The number of methoxy groups -OCH3 is 1. The summed E-state index contributed by atoms with van der Waals surface area (Å²) in [5, 5.41) is 0. The Bertz CT molecular complexity index is 694. The molecule has 3 rings (SSSR count). The smallest absolute Gasteiger partial charge is 0.338 e. The van der Waals surface area contributed by atoms with Crippen LogP contribution in [-0.4, -0.2) is 35.7 Å². The van der Waals surface area contributed by atoms with E-state index >= 15 is 0 Å². The van der Waals surface area contributed by atoms with Crippen molar-refractivity contribution in [2.75, 3.05) is 7.11 Å². The summed E-state index contributed by atoms with van der Waals surface area (Å²) in [5.41, 5.74) is 1.57. The van der Waals surface area contributed by atoms with E-state index in [1.54, 1.807) is 31.4 Å². The summed E-state index contributed by atoms with van der Waals surface area (Å²) in [7, 11) is 1.60. The van der Waals surface area contributed by atoms with Crippen LogP contribution >= 0.6 is 22.6 Å². The molecule has 26 heavy (non-hydrogen) atoms. The lowest BCUT2D eigenvalue weighted by Crippen LogP contribution is -2.49. The van der Waals surface area contributed by atoms with Gasteiger partial charge < -0.3 is 18.9 Å². The molecule has 4 atom stereocenters. The van der Waals surface area contributed by atoms with Gasteiger partial charge in [0, 0.05) is 13.5 Å². The molecule has 0 saturated carbocycles. The van der Waals surface area contributed by atoms with Gasteiger partial charge in [0.05, 0.1) is 12.2 Å². The molecular formula is C20H21IO5. The number of ether oxygens (including phenoxy) is 4. The molecule has 0 radical (unpaired) electrons. The van der Waals surface area contributed by atoms with Gasteiger partial charge in [-0.25, -0.2) is 4.79 Å². The van der Waals surface area contributed by atoms with Crippen LogP contribution < -0.4 is 0 Å². The zero-order valence-corrected chi connectivity index (χ0v) is 16.6. The van der Waals surface area contributed by atoms with Gasteiger partial charge in [0.15, 0.2) is 16.5 Å². The van der Waals surface area contributed by atoms with E-state index in [1.807, 2.05) is 36.4 Å². The molecular weight excluding hydrogens is 447 g/mol. The van der Waals surface area contributed by atoms with Crippen molar-refractivity contribution < 1.29 is 23.7 Å². The van der Waals surface area contributed by atoms with E-state index in [-0.39, 0.29) is 22.5 Å². The maximum atomic E-state index is 12.5. The molecule has 6 heteroatoms. The van der Waals surface area contributed by atoms with E-state index in [0.29, 0.717) is 18.6 Å². The van der Waals surface area contributed by atoms with Crippen LogP contribution in [0, 0.1) is 0 Å². The maximum absolute atomic E-state index is 12.5. The van der Waals surface area contributed by atoms with Gasteiger partial charge in [-0.1, -0.05) is 48.5 Å². The summed E-state index contributed by atoms with van der Waals surface area (Å²) in [6.07, 6.45) is -0.721. The minimum atomic E-state index is -0.515. The number of alkyl halides is 1. The fraction of sp³-hybridized carbons (Fsp3) is 0.350. The fourth-order valence-electron chi connectivity index (χ4n) is 2.76. The van der Waals surface area contributed by atoms with Crippen LogP contribution in [0.5, 0.6) is 0 Å². The molecule has 1 unspecified atom stereocenters. The summed E-state index contributed by atoms with van der Waals surface area (Å²) in [6, 6.07) is 18.8. The minimum Gasteiger partial charge on any atom is -0.452 e. The predicted octanol–water partition coefficient (Wildman–Crippen LogP) is 3.95. The molecule has 2 aromatic rings. The first-order valence-corrected chi connectivity index (χ1v) is 9.66. The summed E-state index contributed by atoms with van der Waals surface area (Å²) < 4.78 is 22.6. The lowest BCUT2D eigenvalue weighted by molar-refractivity contribution is -0.224. The zero-order chi connectivity index (χ0) is 18.4. The monoisotopic (exact) mass is 468 g/mol. The highest BCUT2D eigenvalue weighted by molar-refractivity contribution is 14.1. The van der Waals surface area contributed by atoms with Crippen LogP contribution in [0.15, 0.2) is 60.7 Å². The first kappa shape index (κ1) is 19.3. The number of carbonyl (C=O) groups excluding carboxylic acids is 1. The second kappa shape index (κ2) is 9.45. The van der Waals surface area contributed by atoms with Gasteiger partial charge in [0.2, 0.25) is 0 Å². The normalized spacial score (nSPS) is 25.6. The van der Waals surface area contributed by atoms with Crippen LogP contribution in [0.2, 0.25) is 0 Å². The second-order valence-corrected chi connectivity index (χ2v) is 7.19. The van der Waals surface area contributed by atoms with Crippen LogP contribution in [0.1, 0.15) is 22.3 Å². The Kier molecular flexibility index (Phi) is 7.01. The highest BCUT2D eigenvalue weighted by Gasteiger charge is 2.41. The number of esters is 1. The number of carbonyl (C=O) groups is 1. The Labute approximate surface area is 166 Å². The van der Waals surface area contributed by atoms with Crippen molar-refractivity contribution in [2.45, 2.75) is 35.6 Å². The molecule has 0 bridgehead atoms. The van der Waals surface area contributed by atoms with Gasteiger partial charge in [-0.3, -0.25) is 0 Å². The molecule has 138 valence electrons. The van der Waals surface area contributed by atoms with Crippen molar-refractivity contribution >= 4 is 28.6 Å². The van der Waals surface area contributed by atoms with Crippen molar-refractivity contribution in [3.05, 3.63) is 71.8 Å². The summed E-state index contributed by atoms with van der Waals surface area (Å²) in [4.78, 5) is 12.5. The second-order valence-electron chi connectivity index (χ2n) is 5.96. The molecule has 1 saturated heterocycles. The molecule has 0 N–H and O–H groups in total. The standard InChI is InChI=1S/C20H21IO5/c1-23-17-12-16(24-13-14-8-4-2-5-9-14)18(19(21)25-17)26-20(22)15-10-6-3-7-11-15/h2-11,16-19H,12-13H2,1H3/t16-,17?,18+,19+/m1/s1. The minimum absolute atomic E-state index is 0.316. The molecule has 0 amide bonds. The number of hydrogen-bond acceptors (Lipinski definition) is 5. The summed E-state index contributed by atoms with van der Waals surface area (Å²) in [6.45, 7) is 0.435. The molecule has 1 aliphatic rings. The number of benzene rings is 2. The van der Waals surface area contributed by atoms with Crippen LogP contribution in [0.4, 0.5) is 0 Å². The Balaban J connectivity index is 1.70. The fourth-order valence-corrected chi connectivity index (χ4v) is 3.70. The Morgan fingerprint density at radius 2 is 1.77 bits per heavy atom. The van der Waals surface area contributed by atoms with Gasteiger partial charge in [-0.15, -0.1) is 0 Å². The van der Waals surface area contributed by atoms with Gasteiger partial charge in [0.1, 0.15) is 6.10 Å². The van der Waals surface area contributed by atoms with Gasteiger partial charge in [0.25, 0.3) is 0 Å². The molecule has 2 aromatic carbocycles. The molecule has 0 spiro atoms. The first-order valence-electron chi connectivity index (χ1n) is 8.41. The SMILES string of the molecule is COC1C[C@@H](OCc2ccccc2)[C@H](OC(=O)c2ccccc2)[C@@H](I)O1. The molecule has 5 nitrogen and oxygen atoms in total. The topological polar surface area (TPSA) is 54.0 Å². The largest absolute Gasteiger partial charge is 0.452 e. The maximum Gasteiger partial charge on any atom is 0.338 e. The average Bonchev–Trinajstić information content (AvgIpc) is 2.69. The third-order valence-corrected chi connectivity index (χ3v) is 5.16. The Hall–Kier alpha value is -1.48. The van der Waals surface area contributed by atoms with E-state index in [2.05, 4.69) is 22.6 Å². The highest BCUT2D eigenvalue weighted by Crippen LogP contribution is 2.30. The van der Waals surface area contributed by atoms with E-state index in [4.69, 9.17) is 18.9 Å². The Morgan fingerprint density at radius 1 is 1.12 bits per heavy atom. The van der Waals surface area contributed by atoms with Crippen LogP contribution in [-0.2, 0) is 25.6 Å². The molecule has 0 aromatic heterocycles. The van der Waals surface area contributed by atoms with E-state index in [9.17, 15) is 4.79 Å². The lowest BCUT2D eigenvalue weighted by Gasteiger charge is -2.38. The van der Waals surface area contributed by atoms with Crippen LogP contribution in [0.3, 0.4) is 0 Å². The molecule has 1 heterocycles. The average molecular weight is 468 g/mol. The molecule has 1 fully saturated rings. The number of halogens is 1.